The molecule has 3 aromatic rings. The molecule has 1 amide bonds. The first-order chi connectivity index (χ1) is 18.6. The lowest BCUT2D eigenvalue weighted by Crippen LogP contribution is -2.37. The molecule has 39 heavy (non-hydrogen) atoms. The van der Waals surface area contributed by atoms with Gasteiger partial charge in [-0.3, -0.25) is 9.69 Å². The highest BCUT2D eigenvalue weighted by molar-refractivity contribution is 9.10. The van der Waals surface area contributed by atoms with Crippen LogP contribution in [-0.4, -0.2) is 32.8 Å². The second-order valence-corrected chi connectivity index (χ2v) is 11.6. The van der Waals surface area contributed by atoms with Crippen LogP contribution in [0.2, 0.25) is 0 Å². The lowest BCUT2D eigenvalue weighted by molar-refractivity contribution is -0.145. The van der Waals surface area contributed by atoms with E-state index >= 15 is 0 Å². The summed E-state index contributed by atoms with van der Waals surface area (Å²) in [6, 6.07) is 15.3. The Morgan fingerprint density at radius 3 is 2.44 bits per heavy atom. The summed E-state index contributed by atoms with van der Waals surface area (Å²) in [5.74, 6) is -0.515. The van der Waals surface area contributed by atoms with E-state index < -0.39 is 17.9 Å². The van der Waals surface area contributed by atoms with Crippen LogP contribution < -0.4 is 9.47 Å². The van der Waals surface area contributed by atoms with Gasteiger partial charge in [-0.05, 0) is 95.2 Å². The number of carbonyl (C=O) groups is 2. The van der Waals surface area contributed by atoms with Crippen LogP contribution >= 0.6 is 39.9 Å². The molecule has 1 heterocycles. The van der Waals surface area contributed by atoms with Gasteiger partial charge in [-0.25, -0.2) is 4.79 Å². The van der Waals surface area contributed by atoms with Gasteiger partial charge < -0.3 is 14.6 Å². The molecule has 4 rings (SSSR count). The molecule has 0 saturated carbocycles. The molecule has 1 atom stereocenters. The molecule has 0 radical (unpaired) electrons. The lowest BCUT2D eigenvalue weighted by Gasteiger charge is -2.23. The topological polar surface area (TPSA) is 76.1 Å². The fourth-order valence-corrected chi connectivity index (χ4v) is 6.18. The molecule has 1 aliphatic heterocycles. The monoisotopic (exact) mass is 625 g/mol. The molecular formula is C30H28BrNO5S2. The predicted molar refractivity (Wildman–Crippen MR) is 162 cm³/mol. The maximum atomic E-state index is 13.4. The van der Waals surface area contributed by atoms with E-state index in [1.807, 2.05) is 13.0 Å². The van der Waals surface area contributed by atoms with Crippen molar-refractivity contribution in [2.45, 2.75) is 40.3 Å². The number of amides is 1. The van der Waals surface area contributed by atoms with Gasteiger partial charge in [0.15, 0.2) is 17.5 Å². The van der Waals surface area contributed by atoms with Crippen molar-refractivity contribution in [1.82, 2.24) is 4.90 Å². The SMILES string of the molecule is CCOc1cc(/C=C2/SC(=S)N(C(C(=O)O)c3ccccc3)C2=O)cc(Br)c1OCc1cc(C)c(C)cc1C. The Morgan fingerprint density at radius 2 is 1.77 bits per heavy atom. The van der Waals surface area contributed by atoms with Gasteiger partial charge in [-0.1, -0.05) is 66.4 Å². The largest absolute Gasteiger partial charge is 0.490 e. The maximum Gasteiger partial charge on any atom is 0.331 e. The van der Waals surface area contributed by atoms with E-state index in [4.69, 9.17) is 21.7 Å². The molecule has 202 valence electrons. The molecule has 3 aromatic carbocycles. The summed E-state index contributed by atoms with van der Waals surface area (Å²) in [5.41, 5.74) is 5.85. The Bertz CT molecular complexity index is 1470. The summed E-state index contributed by atoms with van der Waals surface area (Å²) < 4.78 is 13.0. The number of carboxylic acid groups (broad SMARTS) is 1. The zero-order valence-corrected chi connectivity index (χ0v) is 25.2. The van der Waals surface area contributed by atoms with Crippen molar-refractivity contribution in [3.8, 4) is 11.5 Å². The number of aryl methyl sites for hydroxylation is 3. The summed E-state index contributed by atoms with van der Waals surface area (Å²) in [7, 11) is 0. The highest BCUT2D eigenvalue weighted by Crippen LogP contribution is 2.41. The molecule has 0 bridgehead atoms. The molecule has 9 heteroatoms. The number of ether oxygens (including phenoxy) is 2. The quantitative estimate of drug-likeness (QED) is 0.196. The first kappa shape index (κ1) is 28.9. The molecule has 6 nitrogen and oxygen atoms in total. The average molecular weight is 627 g/mol. The zero-order chi connectivity index (χ0) is 28.3. The fourth-order valence-electron chi connectivity index (χ4n) is 4.29. The van der Waals surface area contributed by atoms with Crippen molar-refractivity contribution in [2.24, 2.45) is 0 Å². The molecule has 1 saturated heterocycles. The van der Waals surface area contributed by atoms with Gasteiger partial charge in [0.05, 0.1) is 16.0 Å². The third-order valence-corrected chi connectivity index (χ3v) is 8.30. The van der Waals surface area contributed by atoms with Crippen LogP contribution in [0.15, 0.2) is 64.0 Å². The maximum absolute atomic E-state index is 13.4. The number of carbonyl (C=O) groups excluding carboxylic acids is 1. The van der Waals surface area contributed by atoms with Crippen molar-refractivity contribution in [1.29, 1.82) is 0 Å². The number of thiocarbonyl (C=S) groups is 1. The Hall–Kier alpha value is -3.14. The van der Waals surface area contributed by atoms with Gasteiger partial charge in [0.1, 0.15) is 10.9 Å². The van der Waals surface area contributed by atoms with E-state index in [2.05, 4.69) is 48.8 Å². The minimum atomic E-state index is -1.21. The summed E-state index contributed by atoms with van der Waals surface area (Å²) in [6.07, 6.45) is 1.69. The number of aliphatic carboxylic acids is 1. The number of hydrogen-bond donors (Lipinski definition) is 1. The van der Waals surface area contributed by atoms with Crippen molar-refractivity contribution in [3.05, 3.63) is 97.4 Å². The Balaban J connectivity index is 1.62. The Morgan fingerprint density at radius 1 is 1.08 bits per heavy atom. The number of thioether (sulfide) groups is 1. The van der Waals surface area contributed by atoms with Gasteiger partial charge in [0, 0.05) is 0 Å². The second kappa shape index (κ2) is 12.4. The number of nitrogens with zero attached hydrogens (tertiary/aromatic N) is 1. The van der Waals surface area contributed by atoms with E-state index in [0.717, 1.165) is 27.8 Å². The number of hydrogen-bond acceptors (Lipinski definition) is 6. The molecule has 0 aliphatic carbocycles. The average Bonchev–Trinajstić information content (AvgIpc) is 3.15. The number of halogens is 1. The van der Waals surface area contributed by atoms with E-state index in [1.54, 1.807) is 42.5 Å². The molecule has 1 fully saturated rings. The summed E-state index contributed by atoms with van der Waals surface area (Å²) in [4.78, 5) is 27.0. The van der Waals surface area contributed by atoms with Crippen LogP contribution in [-0.2, 0) is 16.2 Å². The minimum absolute atomic E-state index is 0.190. The van der Waals surface area contributed by atoms with Gasteiger partial charge >= 0.3 is 5.97 Å². The third kappa shape index (κ3) is 6.37. The third-order valence-electron chi connectivity index (χ3n) is 6.38. The van der Waals surface area contributed by atoms with Crippen LogP contribution in [0.5, 0.6) is 11.5 Å². The van der Waals surface area contributed by atoms with Crippen molar-refractivity contribution >= 4 is 62.2 Å². The molecule has 1 N–H and O–H groups in total. The van der Waals surface area contributed by atoms with Gasteiger partial charge in [0.25, 0.3) is 5.91 Å². The Kier molecular flexibility index (Phi) is 9.15. The van der Waals surface area contributed by atoms with E-state index in [-0.39, 0.29) is 4.32 Å². The van der Waals surface area contributed by atoms with Crippen LogP contribution in [0.4, 0.5) is 0 Å². The molecule has 1 aliphatic rings. The summed E-state index contributed by atoms with van der Waals surface area (Å²) >= 11 is 10.1. The number of carboxylic acids is 1. The first-order valence-corrected chi connectivity index (χ1v) is 14.3. The molecule has 1 unspecified atom stereocenters. The highest BCUT2D eigenvalue weighted by Gasteiger charge is 2.41. The second-order valence-electron chi connectivity index (χ2n) is 9.12. The predicted octanol–water partition coefficient (Wildman–Crippen LogP) is 7.38. The minimum Gasteiger partial charge on any atom is -0.490 e. The van der Waals surface area contributed by atoms with Crippen molar-refractivity contribution in [2.75, 3.05) is 6.61 Å². The van der Waals surface area contributed by atoms with E-state index in [0.29, 0.717) is 45.2 Å². The molecular weight excluding hydrogens is 598 g/mol. The smallest absolute Gasteiger partial charge is 0.331 e. The normalized spacial score (nSPS) is 15.1. The van der Waals surface area contributed by atoms with E-state index in [1.165, 1.54) is 11.1 Å². The van der Waals surface area contributed by atoms with Gasteiger partial charge in [0.2, 0.25) is 0 Å². The lowest BCUT2D eigenvalue weighted by atomic mass is 10.0. The molecule has 0 aromatic heterocycles. The Labute approximate surface area is 246 Å². The fraction of sp³-hybridized carbons (Fsp3) is 0.233. The van der Waals surface area contributed by atoms with Crippen LogP contribution in [0.25, 0.3) is 6.08 Å². The van der Waals surface area contributed by atoms with Crippen molar-refractivity contribution < 1.29 is 24.2 Å². The van der Waals surface area contributed by atoms with Gasteiger partial charge in [-0.2, -0.15) is 0 Å². The van der Waals surface area contributed by atoms with E-state index in [9.17, 15) is 14.7 Å². The highest BCUT2D eigenvalue weighted by atomic mass is 79.9. The van der Waals surface area contributed by atoms with Crippen molar-refractivity contribution in [3.63, 3.8) is 0 Å². The standard InChI is InChI=1S/C30H28BrNO5S2/c1-5-36-24-14-20(13-23(31)27(24)37-16-22-12-18(3)17(2)11-19(22)4)15-25-28(33)32(30(38)39-25)26(29(34)35)21-9-7-6-8-10-21/h6-15,26H,5,16H2,1-4H3,(H,34,35)/b25-15+. The van der Waals surface area contributed by atoms with Crippen LogP contribution in [0.1, 0.15) is 46.3 Å². The first-order valence-electron chi connectivity index (χ1n) is 12.3. The zero-order valence-electron chi connectivity index (χ0n) is 22.0. The number of rotatable bonds is 9. The van der Waals surface area contributed by atoms with Crippen LogP contribution in [0.3, 0.4) is 0 Å². The van der Waals surface area contributed by atoms with Crippen LogP contribution in [0, 0.1) is 20.8 Å². The molecule has 0 spiro atoms. The summed E-state index contributed by atoms with van der Waals surface area (Å²) in [6.45, 7) is 8.92. The summed E-state index contributed by atoms with van der Waals surface area (Å²) in [5, 5.41) is 9.92. The van der Waals surface area contributed by atoms with Gasteiger partial charge in [-0.15, -0.1) is 0 Å². The number of benzene rings is 3.